The van der Waals surface area contributed by atoms with Gasteiger partial charge >= 0.3 is 0 Å². The van der Waals surface area contributed by atoms with Gasteiger partial charge in [-0.3, -0.25) is 9.59 Å². The number of halogens is 1. The average molecular weight is 341 g/mol. The molecular formula is C16H24FN3O2S. The summed E-state index contributed by atoms with van der Waals surface area (Å²) in [4.78, 5) is 25.6. The van der Waals surface area contributed by atoms with Gasteiger partial charge in [0, 0.05) is 18.8 Å². The Kier molecular flexibility index (Phi) is 9.31. The number of likely N-dealkylation sites (N-methyl/N-ethyl adjacent to an activating group) is 1. The van der Waals surface area contributed by atoms with Crippen LogP contribution < -0.4 is 10.6 Å². The molecule has 0 aliphatic carbocycles. The molecule has 0 fully saturated rings. The summed E-state index contributed by atoms with van der Waals surface area (Å²) in [5.74, 6) is -0.205. The van der Waals surface area contributed by atoms with E-state index in [1.807, 2.05) is 0 Å². The zero-order valence-corrected chi connectivity index (χ0v) is 14.4. The van der Waals surface area contributed by atoms with Crippen LogP contribution in [0.15, 0.2) is 24.3 Å². The summed E-state index contributed by atoms with van der Waals surface area (Å²) in [6.45, 7) is 7.54. The largest absolute Gasteiger partial charge is 0.354 e. The van der Waals surface area contributed by atoms with E-state index in [2.05, 4.69) is 29.4 Å². The Morgan fingerprint density at radius 2 is 1.70 bits per heavy atom. The first-order valence-electron chi connectivity index (χ1n) is 7.67. The molecule has 0 radical (unpaired) electrons. The molecule has 2 amide bonds. The van der Waals surface area contributed by atoms with Gasteiger partial charge in [-0.25, -0.2) is 4.39 Å². The van der Waals surface area contributed by atoms with Crippen molar-refractivity contribution in [2.45, 2.75) is 13.8 Å². The van der Waals surface area contributed by atoms with Crippen molar-refractivity contribution in [2.24, 2.45) is 0 Å². The second kappa shape index (κ2) is 11.0. The smallest absolute Gasteiger partial charge is 0.234 e. The zero-order valence-electron chi connectivity index (χ0n) is 13.6. The molecule has 0 atom stereocenters. The summed E-state index contributed by atoms with van der Waals surface area (Å²) < 4.78 is 12.7. The summed E-state index contributed by atoms with van der Waals surface area (Å²) in [5.41, 5.74) is 0.542. The van der Waals surface area contributed by atoms with Crippen molar-refractivity contribution >= 4 is 29.3 Å². The molecule has 5 nitrogen and oxygen atoms in total. The van der Waals surface area contributed by atoms with E-state index >= 15 is 0 Å². The van der Waals surface area contributed by atoms with Crippen molar-refractivity contribution in [3.8, 4) is 0 Å². The normalized spacial score (nSPS) is 10.6. The van der Waals surface area contributed by atoms with Gasteiger partial charge in [0.05, 0.1) is 11.5 Å². The predicted octanol–water partition coefficient (Wildman–Crippen LogP) is 1.96. The number of rotatable bonds is 10. The van der Waals surface area contributed by atoms with Crippen molar-refractivity contribution in [3.05, 3.63) is 30.1 Å². The molecule has 0 saturated carbocycles. The Hall–Kier alpha value is -1.60. The van der Waals surface area contributed by atoms with Gasteiger partial charge in [0.15, 0.2) is 0 Å². The number of carbonyl (C=O) groups is 2. The first kappa shape index (κ1) is 19.4. The van der Waals surface area contributed by atoms with E-state index in [-0.39, 0.29) is 29.1 Å². The molecule has 1 aromatic carbocycles. The molecule has 2 N–H and O–H groups in total. The van der Waals surface area contributed by atoms with Crippen LogP contribution in [0.2, 0.25) is 0 Å². The number of anilines is 1. The molecule has 1 aromatic rings. The van der Waals surface area contributed by atoms with Gasteiger partial charge in [0.25, 0.3) is 0 Å². The molecule has 0 aromatic heterocycles. The highest BCUT2D eigenvalue weighted by Crippen LogP contribution is 2.09. The molecule has 0 aliphatic heterocycles. The lowest BCUT2D eigenvalue weighted by atomic mass is 10.3. The van der Waals surface area contributed by atoms with Crippen molar-refractivity contribution in [3.63, 3.8) is 0 Å². The van der Waals surface area contributed by atoms with Crippen molar-refractivity contribution in [2.75, 3.05) is 43.0 Å². The van der Waals surface area contributed by atoms with Crippen LogP contribution in [-0.4, -0.2) is 54.4 Å². The lowest BCUT2D eigenvalue weighted by Crippen LogP contribution is -2.35. The quantitative estimate of drug-likeness (QED) is 0.683. The second-order valence-corrected chi connectivity index (χ2v) is 5.91. The Labute approximate surface area is 141 Å². The highest BCUT2D eigenvalue weighted by molar-refractivity contribution is 8.00. The highest BCUT2D eigenvalue weighted by atomic mass is 32.2. The Bertz CT molecular complexity index is 493. The lowest BCUT2D eigenvalue weighted by molar-refractivity contribution is -0.118. The van der Waals surface area contributed by atoms with E-state index < -0.39 is 0 Å². The molecule has 23 heavy (non-hydrogen) atoms. The molecule has 0 spiro atoms. The number of carbonyl (C=O) groups excluding carboxylic acids is 2. The number of amides is 2. The van der Waals surface area contributed by atoms with Crippen molar-refractivity contribution < 1.29 is 14.0 Å². The minimum Gasteiger partial charge on any atom is -0.354 e. The van der Waals surface area contributed by atoms with Gasteiger partial charge in [0.1, 0.15) is 5.82 Å². The number of nitrogens with zero attached hydrogens (tertiary/aromatic N) is 1. The van der Waals surface area contributed by atoms with Crippen LogP contribution in [0.1, 0.15) is 13.8 Å². The van der Waals surface area contributed by atoms with Crippen LogP contribution in [0.25, 0.3) is 0 Å². The molecule has 0 bridgehead atoms. The fourth-order valence-corrected chi connectivity index (χ4v) is 2.56. The molecule has 0 unspecified atom stereocenters. The second-order valence-electron chi connectivity index (χ2n) is 4.92. The molecule has 0 aliphatic rings. The summed E-state index contributed by atoms with van der Waals surface area (Å²) in [6, 6.07) is 5.56. The molecule has 128 valence electrons. The summed E-state index contributed by atoms with van der Waals surface area (Å²) in [5, 5.41) is 5.49. The number of hydrogen-bond donors (Lipinski definition) is 2. The lowest BCUT2D eigenvalue weighted by Gasteiger charge is -2.17. The van der Waals surface area contributed by atoms with Gasteiger partial charge in [0.2, 0.25) is 11.8 Å². The van der Waals surface area contributed by atoms with E-state index in [0.29, 0.717) is 12.2 Å². The number of nitrogens with one attached hydrogen (secondary N) is 2. The SMILES string of the molecule is CCN(CC)CCNC(=O)CSCC(=O)Nc1ccc(F)cc1. The van der Waals surface area contributed by atoms with Crippen LogP contribution in [0.5, 0.6) is 0 Å². The van der Waals surface area contributed by atoms with Crippen LogP contribution in [0.4, 0.5) is 10.1 Å². The molecular weight excluding hydrogens is 317 g/mol. The molecule has 0 heterocycles. The third-order valence-corrected chi connectivity index (χ3v) is 4.17. The van der Waals surface area contributed by atoms with Crippen LogP contribution in [0, 0.1) is 5.82 Å². The zero-order chi connectivity index (χ0) is 17.1. The van der Waals surface area contributed by atoms with E-state index in [4.69, 9.17) is 0 Å². The van der Waals surface area contributed by atoms with Gasteiger partial charge in [-0.2, -0.15) is 0 Å². The minimum atomic E-state index is -0.348. The summed E-state index contributed by atoms with van der Waals surface area (Å²) in [6.07, 6.45) is 0. The van der Waals surface area contributed by atoms with Crippen molar-refractivity contribution in [1.29, 1.82) is 0 Å². The minimum absolute atomic E-state index is 0.0725. The van der Waals surface area contributed by atoms with Gasteiger partial charge in [-0.1, -0.05) is 13.8 Å². The highest BCUT2D eigenvalue weighted by Gasteiger charge is 2.06. The number of thioether (sulfide) groups is 1. The Morgan fingerprint density at radius 3 is 2.30 bits per heavy atom. The third kappa shape index (κ3) is 8.56. The maximum atomic E-state index is 12.7. The first-order chi connectivity index (χ1) is 11.0. The Morgan fingerprint density at radius 1 is 1.09 bits per heavy atom. The molecule has 7 heteroatoms. The van der Waals surface area contributed by atoms with Crippen molar-refractivity contribution in [1.82, 2.24) is 10.2 Å². The maximum absolute atomic E-state index is 12.7. The van der Waals surface area contributed by atoms with Gasteiger partial charge < -0.3 is 15.5 Å². The molecule has 1 rings (SSSR count). The summed E-state index contributed by atoms with van der Waals surface area (Å²) >= 11 is 1.25. The van der Waals surface area contributed by atoms with E-state index in [1.165, 1.54) is 36.0 Å². The summed E-state index contributed by atoms with van der Waals surface area (Å²) in [7, 11) is 0. The fraction of sp³-hybridized carbons (Fsp3) is 0.500. The van der Waals surface area contributed by atoms with E-state index in [1.54, 1.807) is 0 Å². The standard InChI is InChI=1S/C16H24FN3O2S/c1-3-20(4-2)10-9-18-15(21)11-23-12-16(22)19-14-7-5-13(17)6-8-14/h5-8H,3-4,9-12H2,1-2H3,(H,18,21)(H,19,22). The first-order valence-corrected chi connectivity index (χ1v) is 8.82. The monoisotopic (exact) mass is 341 g/mol. The maximum Gasteiger partial charge on any atom is 0.234 e. The van der Waals surface area contributed by atoms with Crippen LogP contribution >= 0.6 is 11.8 Å². The van der Waals surface area contributed by atoms with Gasteiger partial charge in [-0.05, 0) is 37.4 Å². The topological polar surface area (TPSA) is 61.4 Å². The fourth-order valence-electron chi connectivity index (χ4n) is 1.91. The average Bonchev–Trinajstić information content (AvgIpc) is 2.54. The number of benzene rings is 1. The van der Waals surface area contributed by atoms with Crippen LogP contribution in [-0.2, 0) is 9.59 Å². The Balaban J connectivity index is 2.14. The van der Waals surface area contributed by atoms with Gasteiger partial charge in [-0.15, -0.1) is 11.8 Å². The molecule has 0 saturated heterocycles. The van der Waals surface area contributed by atoms with E-state index in [0.717, 1.165) is 19.6 Å². The number of hydrogen-bond acceptors (Lipinski definition) is 4. The predicted molar refractivity (Wildman–Crippen MR) is 93.2 cm³/mol. The third-order valence-electron chi connectivity index (χ3n) is 3.24. The van der Waals surface area contributed by atoms with E-state index in [9.17, 15) is 14.0 Å². The van der Waals surface area contributed by atoms with Crippen LogP contribution in [0.3, 0.4) is 0 Å².